The number of benzene rings is 5. The van der Waals surface area contributed by atoms with Gasteiger partial charge in [0.15, 0.2) is 11.6 Å². The van der Waals surface area contributed by atoms with E-state index < -0.39 is 46.3 Å². The van der Waals surface area contributed by atoms with E-state index >= 15 is 0 Å². The van der Waals surface area contributed by atoms with E-state index in [-0.39, 0.29) is 16.9 Å². The van der Waals surface area contributed by atoms with Crippen LogP contribution in [0.2, 0.25) is 0 Å². The van der Waals surface area contributed by atoms with Gasteiger partial charge < -0.3 is 4.74 Å². The van der Waals surface area contributed by atoms with Gasteiger partial charge in [-0.15, -0.1) is 0 Å². The molecule has 0 fully saturated rings. The molecule has 0 spiro atoms. The van der Waals surface area contributed by atoms with Crippen LogP contribution in [0.4, 0.5) is 30.7 Å². The Morgan fingerprint density at radius 3 is 1.52 bits per heavy atom. The normalized spacial score (nSPS) is 11.5. The zero-order valence-electron chi connectivity index (χ0n) is 20.8. The Morgan fingerprint density at radius 1 is 0.475 bits per heavy atom. The molecule has 0 saturated heterocycles. The molecule has 1 nitrogen and oxygen atoms in total. The lowest BCUT2D eigenvalue weighted by atomic mass is 9.97. The minimum absolute atomic E-state index is 0.134. The smallest absolute Gasteiger partial charge is 0.429 e. The summed E-state index contributed by atoms with van der Waals surface area (Å²) in [5.41, 5.74) is 1.06. The molecule has 0 aliphatic heterocycles. The van der Waals surface area contributed by atoms with E-state index in [9.17, 15) is 30.7 Å². The first-order valence-corrected chi connectivity index (χ1v) is 12.0. The Bertz CT molecular complexity index is 1670. The molecule has 0 saturated carbocycles. The molecule has 0 atom stereocenters. The molecule has 5 rings (SSSR count). The summed E-state index contributed by atoms with van der Waals surface area (Å²) in [6.07, 6.45) is -3.88. The fourth-order valence-corrected chi connectivity index (χ4v) is 4.30. The minimum Gasteiger partial charge on any atom is -0.429 e. The summed E-state index contributed by atoms with van der Waals surface area (Å²) in [4.78, 5) is 0. The maximum Gasteiger partial charge on any atom is 0.429 e. The van der Waals surface area contributed by atoms with Gasteiger partial charge in [0.05, 0.1) is 11.1 Å². The molecular formula is C32H19F7O. The molecule has 0 amide bonds. The van der Waals surface area contributed by atoms with Crippen molar-refractivity contribution in [2.75, 3.05) is 0 Å². The second kappa shape index (κ2) is 10.5. The third-order valence-corrected chi connectivity index (χ3v) is 6.34. The van der Waals surface area contributed by atoms with Crippen molar-refractivity contribution in [3.8, 4) is 39.1 Å². The summed E-state index contributed by atoms with van der Waals surface area (Å²) >= 11 is 0. The molecule has 0 aliphatic carbocycles. The Kier molecular flexibility index (Phi) is 7.10. The van der Waals surface area contributed by atoms with Gasteiger partial charge in [-0.3, -0.25) is 0 Å². The van der Waals surface area contributed by atoms with Crippen LogP contribution in [0.3, 0.4) is 0 Å². The van der Waals surface area contributed by atoms with Gasteiger partial charge in [-0.2, -0.15) is 8.78 Å². The van der Waals surface area contributed by atoms with Gasteiger partial charge in [-0.05, 0) is 88.8 Å². The Hall–Kier alpha value is -4.59. The van der Waals surface area contributed by atoms with Crippen LogP contribution in [0.5, 0.6) is 5.75 Å². The van der Waals surface area contributed by atoms with Gasteiger partial charge in [0.2, 0.25) is 0 Å². The molecular weight excluding hydrogens is 533 g/mol. The van der Waals surface area contributed by atoms with Crippen molar-refractivity contribution >= 4 is 0 Å². The summed E-state index contributed by atoms with van der Waals surface area (Å²) in [5.74, 6) is -5.47. The first kappa shape index (κ1) is 27.0. The highest BCUT2D eigenvalue weighted by atomic mass is 19.3. The second-order valence-corrected chi connectivity index (χ2v) is 9.15. The van der Waals surface area contributed by atoms with E-state index in [1.54, 1.807) is 43.3 Å². The van der Waals surface area contributed by atoms with Gasteiger partial charge in [0, 0.05) is 0 Å². The molecule has 0 radical (unpaired) electrons. The van der Waals surface area contributed by atoms with E-state index in [4.69, 9.17) is 4.74 Å². The molecule has 0 heterocycles. The first-order chi connectivity index (χ1) is 19.0. The SMILES string of the molecule is Cc1ccc(C(F)(F)Oc2ccc(-c3ccc(-c4cc(F)c(-c5ccc(F)c(F)c5)c(F)c4)cc3)cc2)c(F)c1. The maximum atomic E-state index is 14.8. The van der Waals surface area contributed by atoms with Crippen molar-refractivity contribution in [3.63, 3.8) is 0 Å². The van der Waals surface area contributed by atoms with E-state index in [1.807, 2.05) is 0 Å². The lowest BCUT2D eigenvalue weighted by Crippen LogP contribution is -2.23. The van der Waals surface area contributed by atoms with E-state index in [0.29, 0.717) is 22.3 Å². The molecule has 0 unspecified atom stereocenters. The van der Waals surface area contributed by atoms with Crippen molar-refractivity contribution in [2.24, 2.45) is 0 Å². The Morgan fingerprint density at radius 2 is 0.975 bits per heavy atom. The van der Waals surface area contributed by atoms with Crippen LogP contribution in [0.1, 0.15) is 11.1 Å². The summed E-state index contributed by atoms with van der Waals surface area (Å²) in [6.45, 7) is 1.59. The number of hydrogen-bond donors (Lipinski definition) is 0. The highest BCUT2D eigenvalue weighted by molar-refractivity contribution is 5.74. The zero-order valence-corrected chi connectivity index (χ0v) is 20.8. The van der Waals surface area contributed by atoms with Crippen molar-refractivity contribution in [1.29, 1.82) is 0 Å². The van der Waals surface area contributed by atoms with Crippen LogP contribution in [0.15, 0.2) is 97.1 Å². The van der Waals surface area contributed by atoms with E-state index in [1.165, 1.54) is 18.2 Å². The van der Waals surface area contributed by atoms with Gasteiger partial charge in [0.1, 0.15) is 23.2 Å². The molecule has 0 N–H and O–H groups in total. The molecule has 5 aromatic rings. The molecule has 0 bridgehead atoms. The lowest BCUT2D eigenvalue weighted by molar-refractivity contribution is -0.187. The average Bonchev–Trinajstić information content (AvgIpc) is 2.90. The average molecular weight is 552 g/mol. The molecule has 8 heteroatoms. The van der Waals surface area contributed by atoms with Crippen molar-refractivity contribution in [3.05, 3.63) is 137 Å². The quantitative estimate of drug-likeness (QED) is 0.191. The van der Waals surface area contributed by atoms with Gasteiger partial charge in [-0.1, -0.05) is 48.5 Å². The predicted molar refractivity (Wildman–Crippen MR) is 138 cm³/mol. The highest BCUT2D eigenvalue weighted by Gasteiger charge is 2.37. The van der Waals surface area contributed by atoms with Gasteiger partial charge in [0.25, 0.3) is 0 Å². The van der Waals surface area contributed by atoms with Crippen LogP contribution in [0, 0.1) is 36.0 Å². The number of hydrogen-bond acceptors (Lipinski definition) is 1. The van der Waals surface area contributed by atoms with E-state index in [0.717, 1.165) is 42.5 Å². The van der Waals surface area contributed by atoms with Crippen molar-refractivity contribution in [1.82, 2.24) is 0 Å². The largest absolute Gasteiger partial charge is 0.429 e. The highest BCUT2D eigenvalue weighted by Crippen LogP contribution is 2.35. The summed E-state index contributed by atoms with van der Waals surface area (Å²) in [5, 5.41) is 0. The molecule has 40 heavy (non-hydrogen) atoms. The third-order valence-electron chi connectivity index (χ3n) is 6.34. The topological polar surface area (TPSA) is 9.23 Å². The van der Waals surface area contributed by atoms with Crippen LogP contribution >= 0.6 is 0 Å². The lowest BCUT2D eigenvalue weighted by Gasteiger charge is -2.19. The molecule has 5 aromatic carbocycles. The summed E-state index contributed by atoms with van der Waals surface area (Å²) < 4.78 is 104. The van der Waals surface area contributed by atoms with Crippen LogP contribution in [0.25, 0.3) is 33.4 Å². The second-order valence-electron chi connectivity index (χ2n) is 9.15. The minimum atomic E-state index is -3.88. The first-order valence-electron chi connectivity index (χ1n) is 12.0. The zero-order chi connectivity index (χ0) is 28.6. The third kappa shape index (κ3) is 5.43. The standard InChI is InChI=1S/C32H19F7O/c1-18-2-12-25(27(34)14-18)32(38,39)40-24-10-7-20(8-11-24)19-3-5-21(6-4-19)23-16-29(36)31(30(37)17-23)22-9-13-26(33)28(35)15-22/h2-17H,1H3. The number of ether oxygens (including phenoxy) is 1. The molecule has 202 valence electrons. The maximum absolute atomic E-state index is 14.8. The molecule has 0 aromatic heterocycles. The predicted octanol–water partition coefficient (Wildman–Crippen LogP) is 9.82. The van der Waals surface area contributed by atoms with Crippen molar-refractivity contribution in [2.45, 2.75) is 13.0 Å². The number of aryl methyl sites for hydroxylation is 1. The fraction of sp³-hybridized carbons (Fsp3) is 0.0625. The van der Waals surface area contributed by atoms with Crippen LogP contribution in [-0.2, 0) is 6.11 Å². The summed E-state index contributed by atoms with van der Waals surface area (Å²) in [7, 11) is 0. The van der Waals surface area contributed by atoms with Crippen LogP contribution < -0.4 is 4.74 Å². The van der Waals surface area contributed by atoms with Crippen molar-refractivity contribution < 1.29 is 35.5 Å². The van der Waals surface area contributed by atoms with E-state index in [2.05, 4.69) is 0 Å². The fourth-order valence-electron chi connectivity index (χ4n) is 4.30. The monoisotopic (exact) mass is 552 g/mol. The van der Waals surface area contributed by atoms with Gasteiger partial charge in [-0.25, -0.2) is 22.0 Å². The number of rotatable bonds is 6. The summed E-state index contributed by atoms with van der Waals surface area (Å²) in [6, 6.07) is 20.5. The van der Waals surface area contributed by atoms with Gasteiger partial charge >= 0.3 is 6.11 Å². The number of halogens is 7. The number of alkyl halides is 2. The Balaban J connectivity index is 1.34. The Labute approximate surface area is 225 Å². The molecule has 0 aliphatic rings. The van der Waals surface area contributed by atoms with Crippen LogP contribution in [-0.4, -0.2) is 0 Å².